The maximum absolute atomic E-state index is 11.1. The van der Waals surface area contributed by atoms with Crippen LogP contribution in [-0.2, 0) is 14.3 Å². The first-order valence-corrected chi connectivity index (χ1v) is 4.78. The Hall–Kier alpha value is -1.02. The predicted octanol–water partition coefficient (Wildman–Crippen LogP) is -2.42. The SMILES string of the molecule is CCC(O)C(=O)O[C@@H](C(=O)CO)[C@H](O)CO. The van der Waals surface area contributed by atoms with Crippen molar-refractivity contribution >= 4 is 11.8 Å². The van der Waals surface area contributed by atoms with Crippen molar-refractivity contribution in [3.63, 3.8) is 0 Å². The number of ketones is 1. The van der Waals surface area contributed by atoms with Crippen molar-refractivity contribution in [1.82, 2.24) is 0 Å². The summed E-state index contributed by atoms with van der Waals surface area (Å²) in [7, 11) is 0. The average Bonchev–Trinajstić information content (AvgIpc) is 2.32. The van der Waals surface area contributed by atoms with Gasteiger partial charge in [0.05, 0.1) is 6.61 Å². The van der Waals surface area contributed by atoms with Gasteiger partial charge in [-0.2, -0.15) is 0 Å². The number of rotatable bonds is 7. The number of esters is 1. The number of hydrogen-bond acceptors (Lipinski definition) is 7. The number of carbonyl (C=O) groups excluding carboxylic acids is 2. The van der Waals surface area contributed by atoms with E-state index < -0.39 is 43.3 Å². The summed E-state index contributed by atoms with van der Waals surface area (Å²) in [6.07, 6.45) is -4.59. The molecule has 0 aliphatic heterocycles. The van der Waals surface area contributed by atoms with Gasteiger partial charge in [0.25, 0.3) is 0 Å². The van der Waals surface area contributed by atoms with Gasteiger partial charge in [-0.15, -0.1) is 0 Å². The summed E-state index contributed by atoms with van der Waals surface area (Å²) < 4.78 is 4.50. The van der Waals surface area contributed by atoms with Crippen LogP contribution in [0.4, 0.5) is 0 Å². The van der Waals surface area contributed by atoms with Crippen molar-refractivity contribution in [1.29, 1.82) is 0 Å². The molecular weight excluding hydrogens is 220 g/mol. The van der Waals surface area contributed by atoms with Gasteiger partial charge in [0.1, 0.15) is 12.7 Å². The van der Waals surface area contributed by atoms with Gasteiger partial charge in [0.15, 0.2) is 12.2 Å². The van der Waals surface area contributed by atoms with Crippen molar-refractivity contribution in [2.24, 2.45) is 0 Å². The van der Waals surface area contributed by atoms with Crippen molar-refractivity contribution < 1.29 is 34.8 Å². The van der Waals surface area contributed by atoms with Crippen LogP contribution in [-0.4, -0.2) is 63.7 Å². The van der Waals surface area contributed by atoms with E-state index in [0.717, 1.165) is 0 Å². The molecule has 0 aromatic carbocycles. The molecule has 0 amide bonds. The second-order valence-electron chi connectivity index (χ2n) is 3.16. The highest BCUT2D eigenvalue weighted by Gasteiger charge is 2.31. The van der Waals surface area contributed by atoms with E-state index >= 15 is 0 Å². The summed E-state index contributed by atoms with van der Waals surface area (Å²) in [6.45, 7) is -0.208. The first-order chi connectivity index (χ1) is 7.47. The highest BCUT2D eigenvalue weighted by molar-refractivity contribution is 5.87. The summed E-state index contributed by atoms with van der Waals surface area (Å²) >= 11 is 0. The van der Waals surface area contributed by atoms with Crippen molar-refractivity contribution in [2.75, 3.05) is 13.2 Å². The van der Waals surface area contributed by atoms with E-state index in [-0.39, 0.29) is 6.42 Å². The fraction of sp³-hybridized carbons (Fsp3) is 0.778. The van der Waals surface area contributed by atoms with Gasteiger partial charge in [-0.3, -0.25) is 4.79 Å². The van der Waals surface area contributed by atoms with Crippen LogP contribution >= 0.6 is 0 Å². The third-order valence-electron chi connectivity index (χ3n) is 1.91. The molecule has 0 aliphatic carbocycles. The normalized spacial score (nSPS) is 16.3. The Morgan fingerprint density at radius 1 is 1.25 bits per heavy atom. The molecule has 0 aromatic rings. The van der Waals surface area contributed by atoms with Gasteiger partial charge in [-0.25, -0.2) is 4.79 Å². The molecule has 1 unspecified atom stereocenters. The third-order valence-corrected chi connectivity index (χ3v) is 1.91. The van der Waals surface area contributed by atoms with Crippen molar-refractivity contribution in [2.45, 2.75) is 31.7 Å². The fourth-order valence-electron chi connectivity index (χ4n) is 0.915. The Morgan fingerprint density at radius 3 is 2.19 bits per heavy atom. The minimum Gasteiger partial charge on any atom is -0.449 e. The number of carbonyl (C=O) groups is 2. The van der Waals surface area contributed by atoms with Crippen LogP contribution in [0.3, 0.4) is 0 Å². The summed E-state index contributed by atoms with van der Waals surface area (Å²) in [5.74, 6) is -2.03. The maximum atomic E-state index is 11.1. The molecule has 0 bridgehead atoms. The monoisotopic (exact) mass is 236 g/mol. The lowest BCUT2D eigenvalue weighted by Crippen LogP contribution is -2.43. The molecule has 94 valence electrons. The second kappa shape index (κ2) is 7.29. The molecule has 0 fully saturated rings. The molecule has 0 rings (SSSR count). The first kappa shape index (κ1) is 15.0. The predicted molar refractivity (Wildman–Crippen MR) is 51.4 cm³/mol. The topological polar surface area (TPSA) is 124 Å². The molecule has 0 saturated heterocycles. The smallest absolute Gasteiger partial charge is 0.335 e. The summed E-state index contributed by atoms with van der Waals surface area (Å²) in [6, 6.07) is 0. The van der Waals surface area contributed by atoms with Crippen LogP contribution in [0.2, 0.25) is 0 Å². The number of aliphatic hydroxyl groups excluding tert-OH is 4. The summed E-state index contributed by atoms with van der Waals surface area (Å²) in [5, 5.41) is 35.5. The lowest BCUT2D eigenvalue weighted by molar-refractivity contribution is -0.172. The molecule has 0 saturated carbocycles. The van der Waals surface area contributed by atoms with Gasteiger partial charge >= 0.3 is 5.97 Å². The largest absolute Gasteiger partial charge is 0.449 e. The summed E-state index contributed by atoms with van der Waals surface area (Å²) in [5.41, 5.74) is 0. The van der Waals surface area contributed by atoms with Crippen LogP contribution in [0.5, 0.6) is 0 Å². The van der Waals surface area contributed by atoms with Gasteiger partial charge in [-0.05, 0) is 6.42 Å². The second-order valence-corrected chi connectivity index (χ2v) is 3.16. The third kappa shape index (κ3) is 4.23. The van der Waals surface area contributed by atoms with Gasteiger partial charge < -0.3 is 25.2 Å². The highest BCUT2D eigenvalue weighted by Crippen LogP contribution is 2.05. The molecule has 7 heteroatoms. The van der Waals surface area contributed by atoms with E-state index in [9.17, 15) is 14.7 Å². The number of hydrogen-bond donors (Lipinski definition) is 4. The Labute approximate surface area is 92.3 Å². The molecule has 3 atom stereocenters. The van der Waals surface area contributed by atoms with Crippen LogP contribution in [0.1, 0.15) is 13.3 Å². The Balaban J connectivity index is 4.55. The first-order valence-electron chi connectivity index (χ1n) is 4.78. The Bertz CT molecular complexity index is 240. The van der Waals surface area contributed by atoms with E-state index in [1.807, 2.05) is 0 Å². The van der Waals surface area contributed by atoms with E-state index in [4.69, 9.17) is 15.3 Å². The van der Waals surface area contributed by atoms with Crippen LogP contribution in [0, 0.1) is 0 Å². The van der Waals surface area contributed by atoms with Crippen molar-refractivity contribution in [3.8, 4) is 0 Å². The van der Waals surface area contributed by atoms with Gasteiger partial charge in [0, 0.05) is 0 Å². The zero-order valence-corrected chi connectivity index (χ0v) is 8.87. The standard InChI is InChI=1S/C9H16O7/c1-2-5(12)9(15)16-8(6(13)3-10)7(14)4-11/h5-6,8,10-13H,2-4H2,1H3/t5?,6-,8-/m1/s1. The Kier molecular flexibility index (Phi) is 6.82. The van der Waals surface area contributed by atoms with Crippen LogP contribution < -0.4 is 0 Å². The van der Waals surface area contributed by atoms with Gasteiger partial charge in [-0.1, -0.05) is 6.92 Å². The molecule has 16 heavy (non-hydrogen) atoms. The highest BCUT2D eigenvalue weighted by atomic mass is 16.6. The minimum absolute atomic E-state index is 0.0914. The number of Topliss-reactive ketones (excluding diaryl/α,β-unsaturated/α-hetero) is 1. The van der Waals surface area contributed by atoms with E-state index in [1.54, 1.807) is 0 Å². The molecule has 0 aliphatic rings. The van der Waals surface area contributed by atoms with Crippen LogP contribution in [0.15, 0.2) is 0 Å². The van der Waals surface area contributed by atoms with Gasteiger partial charge in [0.2, 0.25) is 5.78 Å². The van der Waals surface area contributed by atoms with E-state index in [1.165, 1.54) is 6.92 Å². The molecule has 0 heterocycles. The van der Waals surface area contributed by atoms with Crippen LogP contribution in [0.25, 0.3) is 0 Å². The molecular formula is C9H16O7. The van der Waals surface area contributed by atoms with E-state index in [0.29, 0.717) is 0 Å². The van der Waals surface area contributed by atoms with Crippen molar-refractivity contribution in [3.05, 3.63) is 0 Å². The Morgan fingerprint density at radius 2 is 1.81 bits per heavy atom. The summed E-state index contributed by atoms with van der Waals surface area (Å²) in [4.78, 5) is 22.2. The minimum atomic E-state index is -1.66. The molecule has 0 radical (unpaired) electrons. The quantitative estimate of drug-likeness (QED) is 0.363. The molecule has 0 aromatic heterocycles. The number of ether oxygens (including phenoxy) is 1. The number of aliphatic hydroxyl groups is 4. The fourth-order valence-corrected chi connectivity index (χ4v) is 0.915. The lowest BCUT2D eigenvalue weighted by Gasteiger charge is -2.20. The van der Waals surface area contributed by atoms with E-state index in [2.05, 4.69) is 4.74 Å². The molecule has 0 spiro atoms. The zero-order chi connectivity index (χ0) is 12.7. The molecule has 7 nitrogen and oxygen atoms in total. The molecule has 4 N–H and O–H groups in total. The maximum Gasteiger partial charge on any atom is 0.335 e. The lowest BCUT2D eigenvalue weighted by atomic mass is 10.1. The average molecular weight is 236 g/mol. The zero-order valence-electron chi connectivity index (χ0n) is 8.87.